The number of hydrogen-bond donors (Lipinski definition) is 2. The van der Waals surface area contributed by atoms with E-state index in [4.69, 9.17) is 20.9 Å². The largest absolute Gasteiger partial charge is 0.493 e. The molecule has 1 rings (SSSR count). The van der Waals surface area contributed by atoms with Crippen LogP contribution in [0.1, 0.15) is 63.4 Å². The van der Waals surface area contributed by atoms with Crippen LogP contribution in [0.4, 0.5) is 0 Å². The second-order valence-electron chi connectivity index (χ2n) is 6.58. The molecule has 0 heterocycles. The van der Waals surface area contributed by atoms with Crippen molar-refractivity contribution in [3.05, 3.63) is 29.8 Å². The van der Waals surface area contributed by atoms with Crippen molar-refractivity contribution in [1.29, 1.82) is 0 Å². The minimum Gasteiger partial charge on any atom is -0.493 e. The van der Waals surface area contributed by atoms with Crippen LogP contribution in [0.5, 0.6) is 5.75 Å². The molecule has 4 nitrogen and oxygen atoms in total. The number of nitrogens with two attached hydrogens (primary N) is 2. The number of aryl methyl sites for hydroxylation is 1. The fraction of sp³-hybridized carbons (Fsp3) is 0.714. The summed E-state index contributed by atoms with van der Waals surface area (Å²) >= 11 is 0. The summed E-state index contributed by atoms with van der Waals surface area (Å²) in [6.07, 6.45) is 11.4. The van der Waals surface area contributed by atoms with Gasteiger partial charge in [-0.15, -0.1) is 0 Å². The molecule has 1 aromatic carbocycles. The van der Waals surface area contributed by atoms with Gasteiger partial charge in [-0.3, -0.25) is 0 Å². The topological polar surface area (TPSA) is 70.5 Å². The minimum absolute atomic E-state index is 0.791. The lowest BCUT2D eigenvalue weighted by atomic mass is 10.1. The van der Waals surface area contributed by atoms with Gasteiger partial charge >= 0.3 is 0 Å². The van der Waals surface area contributed by atoms with E-state index in [0.717, 1.165) is 77.2 Å². The van der Waals surface area contributed by atoms with E-state index in [2.05, 4.69) is 18.2 Å². The quantitative estimate of drug-likeness (QED) is 0.416. The molecule has 0 unspecified atom stereocenters. The lowest BCUT2D eigenvalue weighted by molar-refractivity contribution is 0.127. The predicted molar refractivity (Wildman–Crippen MR) is 106 cm³/mol. The van der Waals surface area contributed by atoms with Gasteiger partial charge in [-0.05, 0) is 63.2 Å². The number of ether oxygens (including phenoxy) is 2. The van der Waals surface area contributed by atoms with Gasteiger partial charge < -0.3 is 20.9 Å². The summed E-state index contributed by atoms with van der Waals surface area (Å²) in [5.74, 6) is 1.03. The molecule has 0 amide bonds. The first-order valence-corrected chi connectivity index (χ1v) is 10.1. The van der Waals surface area contributed by atoms with Gasteiger partial charge in [0.15, 0.2) is 0 Å². The van der Waals surface area contributed by atoms with E-state index in [1.165, 1.54) is 31.2 Å². The van der Waals surface area contributed by atoms with E-state index in [9.17, 15) is 0 Å². The molecule has 0 radical (unpaired) electrons. The molecular formula is C21H38N2O2. The van der Waals surface area contributed by atoms with Gasteiger partial charge in [-0.2, -0.15) is 0 Å². The Morgan fingerprint density at radius 3 is 1.96 bits per heavy atom. The molecule has 0 aliphatic heterocycles. The molecule has 0 aromatic heterocycles. The van der Waals surface area contributed by atoms with E-state index in [1.54, 1.807) is 0 Å². The van der Waals surface area contributed by atoms with Crippen LogP contribution in [-0.2, 0) is 11.2 Å². The Balaban J connectivity index is 2.10. The molecule has 25 heavy (non-hydrogen) atoms. The van der Waals surface area contributed by atoms with E-state index in [-0.39, 0.29) is 0 Å². The standard InChI is InChI=1S/C21H38N2O2/c22-15-7-1-3-9-17-24-18-11-13-20-12-5-6-14-21(20)25-19-10-4-2-8-16-23/h5-6,12,14H,1-4,7-11,13,15-19,22-23H2. The smallest absolute Gasteiger partial charge is 0.122 e. The zero-order chi connectivity index (χ0) is 18.0. The van der Waals surface area contributed by atoms with Crippen molar-refractivity contribution in [3.63, 3.8) is 0 Å². The average Bonchev–Trinajstić information content (AvgIpc) is 2.64. The van der Waals surface area contributed by atoms with Crippen LogP contribution in [0, 0.1) is 0 Å². The molecule has 144 valence electrons. The van der Waals surface area contributed by atoms with E-state index in [1.807, 2.05) is 6.07 Å². The molecule has 0 spiro atoms. The molecule has 0 aliphatic carbocycles. The number of para-hydroxylation sites is 1. The highest BCUT2D eigenvalue weighted by molar-refractivity contribution is 5.33. The van der Waals surface area contributed by atoms with Crippen LogP contribution < -0.4 is 16.2 Å². The highest BCUT2D eigenvalue weighted by Crippen LogP contribution is 2.20. The zero-order valence-electron chi connectivity index (χ0n) is 15.9. The first-order chi connectivity index (χ1) is 12.4. The molecule has 4 heteroatoms. The second-order valence-corrected chi connectivity index (χ2v) is 6.58. The van der Waals surface area contributed by atoms with Crippen molar-refractivity contribution in [2.75, 3.05) is 32.9 Å². The Hall–Kier alpha value is -1.10. The highest BCUT2D eigenvalue weighted by Gasteiger charge is 2.03. The lowest BCUT2D eigenvalue weighted by Gasteiger charge is -2.11. The molecule has 0 fully saturated rings. The molecule has 0 aliphatic rings. The van der Waals surface area contributed by atoms with Crippen LogP contribution in [0.3, 0.4) is 0 Å². The Bertz CT molecular complexity index is 413. The summed E-state index contributed by atoms with van der Waals surface area (Å²) in [6.45, 7) is 4.08. The summed E-state index contributed by atoms with van der Waals surface area (Å²) in [5.41, 5.74) is 12.3. The molecule has 4 N–H and O–H groups in total. The van der Waals surface area contributed by atoms with Crippen molar-refractivity contribution in [1.82, 2.24) is 0 Å². The van der Waals surface area contributed by atoms with Gasteiger partial charge in [0, 0.05) is 13.2 Å². The van der Waals surface area contributed by atoms with Crippen molar-refractivity contribution in [2.24, 2.45) is 11.5 Å². The molecular weight excluding hydrogens is 312 g/mol. The van der Waals surface area contributed by atoms with Crippen molar-refractivity contribution < 1.29 is 9.47 Å². The van der Waals surface area contributed by atoms with Gasteiger partial charge in [0.2, 0.25) is 0 Å². The third-order valence-electron chi connectivity index (χ3n) is 4.31. The van der Waals surface area contributed by atoms with Crippen molar-refractivity contribution >= 4 is 0 Å². The Morgan fingerprint density at radius 1 is 0.640 bits per heavy atom. The van der Waals surface area contributed by atoms with Crippen LogP contribution >= 0.6 is 0 Å². The van der Waals surface area contributed by atoms with Gasteiger partial charge in [0.25, 0.3) is 0 Å². The van der Waals surface area contributed by atoms with Crippen LogP contribution in [0.25, 0.3) is 0 Å². The van der Waals surface area contributed by atoms with Gasteiger partial charge in [-0.1, -0.05) is 43.9 Å². The maximum Gasteiger partial charge on any atom is 0.122 e. The SMILES string of the molecule is NCCCCCCOCCCc1ccccc1OCCCCCCN. The molecule has 0 saturated heterocycles. The first kappa shape index (κ1) is 21.9. The summed E-state index contributed by atoms with van der Waals surface area (Å²) < 4.78 is 11.7. The Labute approximate surface area is 154 Å². The van der Waals surface area contributed by atoms with Gasteiger partial charge in [0.1, 0.15) is 5.75 Å². The lowest BCUT2D eigenvalue weighted by Crippen LogP contribution is -2.03. The Kier molecular flexibility index (Phi) is 14.4. The van der Waals surface area contributed by atoms with Crippen LogP contribution in [0.15, 0.2) is 24.3 Å². The summed E-state index contributed by atoms with van der Waals surface area (Å²) in [7, 11) is 0. The van der Waals surface area contributed by atoms with E-state index in [0.29, 0.717) is 0 Å². The molecule has 0 bridgehead atoms. The maximum atomic E-state index is 5.97. The number of hydrogen-bond acceptors (Lipinski definition) is 4. The zero-order valence-corrected chi connectivity index (χ0v) is 15.9. The highest BCUT2D eigenvalue weighted by atomic mass is 16.5. The minimum atomic E-state index is 0.791. The monoisotopic (exact) mass is 350 g/mol. The van der Waals surface area contributed by atoms with Crippen LogP contribution in [0.2, 0.25) is 0 Å². The molecule has 0 atom stereocenters. The van der Waals surface area contributed by atoms with Crippen LogP contribution in [-0.4, -0.2) is 32.9 Å². The van der Waals surface area contributed by atoms with Gasteiger partial charge in [-0.25, -0.2) is 0 Å². The fourth-order valence-corrected chi connectivity index (χ4v) is 2.80. The van der Waals surface area contributed by atoms with Gasteiger partial charge in [0.05, 0.1) is 6.61 Å². The molecule has 0 saturated carbocycles. The maximum absolute atomic E-state index is 5.97. The normalized spacial score (nSPS) is 11.0. The van der Waals surface area contributed by atoms with Crippen molar-refractivity contribution in [3.8, 4) is 5.75 Å². The number of benzene rings is 1. The second kappa shape index (κ2) is 16.4. The van der Waals surface area contributed by atoms with Crippen molar-refractivity contribution in [2.45, 2.75) is 64.2 Å². The summed E-state index contributed by atoms with van der Waals surface area (Å²) in [6, 6.07) is 8.37. The average molecular weight is 351 g/mol. The number of unbranched alkanes of at least 4 members (excludes halogenated alkanes) is 6. The van der Waals surface area contributed by atoms with E-state index < -0.39 is 0 Å². The summed E-state index contributed by atoms with van der Waals surface area (Å²) in [5, 5.41) is 0. The fourth-order valence-electron chi connectivity index (χ4n) is 2.80. The molecule has 1 aromatic rings. The predicted octanol–water partition coefficient (Wildman–Crippen LogP) is 4.05. The Morgan fingerprint density at radius 2 is 1.24 bits per heavy atom. The first-order valence-electron chi connectivity index (χ1n) is 10.1. The third kappa shape index (κ3) is 12.0. The summed E-state index contributed by atoms with van der Waals surface area (Å²) in [4.78, 5) is 0. The third-order valence-corrected chi connectivity index (χ3v) is 4.31. The van der Waals surface area contributed by atoms with E-state index >= 15 is 0 Å². The number of rotatable bonds is 17.